The van der Waals surface area contributed by atoms with E-state index in [1.165, 1.54) is 66.3 Å². The Morgan fingerprint density at radius 3 is 1.87 bits per heavy atom. The molecule has 6 aromatic carbocycles. The number of nitrogens with zero attached hydrogens (tertiary/aromatic N) is 5. The number of aryl methyl sites for hydroxylation is 4. The molecule has 0 N–H and O–H groups in total. The molecule has 6 nitrogen and oxygen atoms in total. The summed E-state index contributed by atoms with van der Waals surface area (Å²) in [7, 11) is 2.08. The molecule has 0 radical (unpaired) electrons. The van der Waals surface area contributed by atoms with Crippen molar-refractivity contribution in [1.29, 1.82) is 0 Å². The number of hydrogen-bond donors (Lipinski definition) is 0. The van der Waals surface area contributed by atoms with Crippen LogP contribution in [0.2, 0.25) is 0 Å². The number of ether oxygens (including phenoxy) is 1. The first-order valence-electron chi connectivity index (χ1n) is 21.3. The molecule has 7 heteroatoms. The average Bonchev–Trinajstić information content (AvgIpc) is 3.91. The Labute approximate surface area is 380 Å². The molecule has 0 fully saturated rings. The van der Waals surface area contributed by atoms with Crippen molar-refractivity contribution in [2.45, 2.75) is 81.6 Å². The molecule has 1 aliphatic rings. The molecule has 3 aromatic heterocycles. The number of para-hydroxylation sites is 3. The van der Waals surface area contributed by atoms with Crippen LogP contribution in [0.5, 0.6) is 11.5 Å². The van der Waals surface area contributed by atoms with Gasteiger partial charge in [0, 0.05) is 72.5 Å². The van der Waals surface area contributed by atoms with Gasteiger partial charge in [0.15, 0.2) is 0 Å². The fourth-order valence-corrected chi connectivity index (χ4v) is 9.69. The van der Waals surface area contributed by atoms with E-state index in [4.69, 9.17) is 9.72 Å². The standard InChI is InChI=1S/C55H52N5O.Pt/c1-31-33(3)37(7)53-51(35(31)5)52-36(6)32(2)34(4)38(8)54(52)59(53)40-23-24-56-50(28-40)60-46-18-14-13-17-44(46)45-22-21-42(29-49(45)60)61-43-26-39(55(9,10)11)25-41(27-43)58-30-57(12)47-19-15-16-20-48(47)58;/h13-26,28,30H,1-12H3;/q-3;. The predicted octanol–water partition coefficient (Wildman–Crippen LogP) is 14.1. The van der Waals surface area contributed by atoms with Crippen molar-refractivity contribution >= 4 is 60.7 Å². The Bertz CT molecular complexity index is 3230. The smallest absolute Gasteiger partial charge is 0.137 e. The summed E-state index contributed by atoms with van der Waals surface area (Å²) in [5, 5.41) is 4.91. The van der Waals surface area contributed by atoms with E-state index in [1.807, 2.05) is 12.3 Å². The van der Waals surface area contributed by atoms with E-state index in [-0.39, 0.29) is 26.5 Å². The number of pyridine rings is 1. The summed E-state index contributed by atoms with van der Waals surface area (Å²) in [5.41, 5.74) is 20.5. The molecular weight excluding hydrogens is 942 g/mol. The molecule has 0 saturated heterocycles. The molecule has 1 aliphatic heterocycles. The SMILES string of the molecule is Cc1c(C)c(C)c2c(c1C)c1c(C)c(C)c(C)c(C)c1n2-c1ccnc(-n2c3[c-]c(Oc4[c-]c(N5[CH-]N(C)c6ccccc65)cc(C(C)(C)C)c4)ccc3c3ccccc32)c1.[Pt]. The van der Waals surface area contributed by atoms with Gasteiger partial charge in [0.25, 0.3) is 0 Å². The predicted molar refractivity (Wildman–Crippen MR) is 255 cm³/mol. The maximum absolute atomic E-state index is 6.79. The molecule has 0 unspecified atom stereocenters. The maximum Gasteiger partial charge on any atom is 0.137 e. The molecule has 4 heterocycles. The van der Waals surface area contributed by atoms with Crippen molar-refractivity contribution in [3.05, 3.63) is 160 Å². The normalized spacial score (nSPS) is 12.9. The van der Waals surface area contributed by atoms with Gasteiger partial charge in [0.05, 0.1) is 16.7 Å². The van der Waals surface area contributed by atoms with Crippen LogP contribution in [-0.4, -0.2) is 21.2 Å². The van der Waals surface area contributed by atoms with Crippen molar-refractivity contribution in [3.8, 4) is 23.0 Å². The number of rotatable bonds is 5. The Morgan fingerprint density at radius 2 is 1.21 bits per heavy atom. The quantitative estimate of drug-likeness (QED) is 0.161. The number of fused-ring (bicyclic) bond motifs is 7. The van der Waals surface area contributed by atoms with Gasteiger partial charge in [-0.25, -0.2) is 4.98 Å². The van der Waals surface area contributed by atoms with Crippen molar-refractivity contribution in [2.75, 3.05) is 16.8 Å². The summed E-state index contributed by atoms with van der Waals surface area (Å²) in [6.07, 6.45) is 1.95. The third kappa shape index (κ3) is 6.20. The van der Waals surface area contributed by atoms with Crippen LogP contribution in [0, 0.1) is 74.2 Å². The number of anilines is 3. The Hall–Kier alpha value is -5.84. The summed E-state index contributed by atoms with van der Waals surface area (Å²) < 4.78 is 11.5. The van der Waals surface area contributed by atoms with Crippen LogP contribution >= 0.6 is 0 Å². The van der Waals surface area contributed by atoms with Crippen LogP contribution in [0.4, 0.5) is 17.1 Å². The number of hydrogen-bond acceptors (Lipinski definition) is 4. The minimum atomic E-state index is -0.121. The molecular formula is C55H52N5OPt-3. The number of aromatic nitrogens is 3. The fourth-order valence-electron chi connectivity index (χ4n) is 9.69. The Balaban J connectivity index is 0.00000490. The first kappa shape index (κ1) is 41.5. The molecule has 0 aliphatic carbocycles. The van der Waals surface area contributed by atoms with Crippen molar-refractivity contribution in [3.63, 3.8) is 0 Å². The van der Waals surface area contributed by atoms with Gasteiger partial charge in [-0.05, 0) is 142 Å². The molecule has 9 aromatic rings. The maximum atomic E-state index is 6.79. The Morgan fingerprint density at radius 1 is 0.597 bits per heavy atom. The first-order valence-corrected chi connectivity index (χ1v) is 21.3. The van der Waals surface area contributed by atoms with E-state index in [1.54, 1.807) is 0 Å². The van der Waals surface area contributed by atoms with Gasteiger partial charge in [-0.3, -0.25) is 0 Å². The summed E-state index contributed by atoms with van der Waals surface area (Å²) in [4.78, 5) is 9.43. The largest absolute Gasteiger partial charge is 0.509 e. The zero-order valence-electron chi connectivity index (χ0n) is 37.7. The third-order valence-electron chi connectivity index (χ3n) is 13.8. The van der Waals surface area contributed by atoms with E-state index in [0.717, 1.165) is 55.9 Å². The first-order chi connectivity index (χ1) is 29.1. The van der Waals surface area contributed by atoms with Crippen LogP contribution in [0.3, 0.4) is 0 Å². The van der Waals surface area contributed by atoms with Gasteiger partial charge in [0.1, 0.15) is 5.82 Å². The monoisotopic (exact) mass is 993 g/mol. The zero-order chi connectivity index (χ0) is 42.8. The molecule has 62 heavy (non-hydrogen) atoms. The minimum Gasteiger partial charge on any atom is -0.509 e. The van der Waals surface area contributed by atoms with Gasteiger partial charge < -0.3 is 23.7 Å². The third-order valence-corrected chi connectivity index (χ3v) is 13.8. The second-order valence-electron chi connectivity index (χ2n) is 18.1. The summed E-state index contributed by atoms with van der Waals surface area (Å²) in [6.45, 7) is 27.0. The summed E-state index contributed by atoms with van der Waals surface area (Å²) >= 11 is 0. The fraction of sp³-hybridized carbons (Fsp3) is 0.236. The summed E-state index contributed by atoms with van der Waals surface area (Å²) in [5.74, 6) is 2.07. The van der Waals surface area contributed by atoms with Crippen LogP contribution in [0.15, 0.2) is 91.1 Å². The van der Waals surface area contributed by atoms with Crippen LogP contribution in [-0.2, 0) is 26.5 Å². The molecule has 0 atom stereocenters. The van der Waals surface area contributed by atoms with Crippen molar-refractivity contribution in [2.24, 2.45) is 0 Å². The average molecular weight is 994 g/mol. The van der Waals surface area contributed by atoms with Gasteiger partial charge >= 0.3 is 0 Å². The van der Waals surface area contributed by atoms with Gasteiger partial charge in [0.2, 0.25) is 0 Å². The molecule has 0 spiro atoms. The molecule has 0 bridgehead atoms. The van der Waals surface area contributed by atoms with E-state index >= 15 is 0 Å². The van der Waals surface area contributed by atoms with E-state index in [0.29, 0.717) is 11.5 Å². The molecule has 0 saturated carbocycles. The van der Waals surface area contributed by atoms with E-state index in [2.05, 4.69) is 200 Å². The molecule has 0 amide bonds. The second-order valence-corrected chi connectivity index (χ2v) is 18.1. The van der Waals surface area contributed by atoms with E-state index < -0.39 is 0 Å². The Kier molecular flexibility index (Phi) is 9.98. The second kappa shape index (κ2) is 14.9. The van der Waals surface area contributed by atoms with Gasteiger partial charge in [-0.15, -0.1) is 47.0 Å². The van der Waals surface area contributed by atoms with Crippen molar-refractivity contribution in [1.82, 2.24) is 14.1 Å². The van der Waals surface area contributed by atoms with Gasteiger partial charge in [-0.1, -0.05) is 56.6 Å². The topological polar surface area (TPSA) is 38.5 Å². The van der Waals surface area contributed by atoms with Crippen molar-refractivity contribution < 1.29 is 25.8 Å². The summed E-state index contributed by atoms with van der Waals surface area (Å²) in [6, 6.07) is 37.2. The zero-order valence-corrected chi connectivity index (χ0v) is 40.0. The van der Waals surface area contributed by atoms with Crippen LogP contribution in [0.25, 0.3) is 55.1 Å². The molecule has 10 rings (SSSR count). The minimum absolute atomic E-state index is 0. The van der Waals surface area contributed by atoms with E-state index in [9.17, 15) is 0 Å². The van der Waals surface area contributed by atoms with Crippen LogP contribution in [0.1, 0.15) is 70.8 Å². The van der Waals surface area contributed by atoms with Crippen LogP contribution < -0.4 is 14.5 Å². The molecule has 316 valence electrons. The number of benzene rings is 6. The van der Waals surface area contributed by atoms with Gasteiger partial charge in [-0.2, -0.15) is 12.7 Å².